The van der Waals surface area contributed by atoms with E-state index in [1.54, 1.807) is 0 Å². The summed E-state index contributed by atoms with van der Waals surface area (Å²) in [6, 6.07) is 0. The summed E-state index contributed by atoms with van der Waals surface area (Å²) >= 11 is 0. The molecule has 1 aliphatic carbocycles. The van der Waals surface area contributed by atoms with Gasteiger partial charge in [0, 0.05) is 6.54 Å². The molecule has 2 aliphatic rings. The Balaban J connectivity index is 2.00. The molecule has 2 rings (SSSR count). The zero-order valence-corrected chi connectivity index (χ0v) is 11.8. The van der Waals surface area contributed by atoms with Crippen molar-refractivity contribution in [2.45, 2.75) is 52.4 Å². The maximum Gasteiger partial charge on any atom is 0.310 e. The van der Waals surface area contributed by atoms with Gasteiger partial charge in [-0.15, -0.1) is 0 Å². The molecule has 1 N–H and O–H groups in total. The Labute approximate surface area is 111 Å². The molecule has 1 aliphatic heterocycles. The highest BCUT2D eigenvalue weighted by atomic mass is 16.4. The summed E-state index contributed by atoms with van der Waals surface area (Å²) in [7, 11) is 0. The molecule has 0 amide bonds. The smallest absolute Gasteiger partial charge is 0.310 e. The van der Waals surface area contributed by atoms with Gasteiger partial charge in [-0.2, -0.15) is 0 Å². The number of aliphatic carboxylic acids is 1. The molecule has 0 spiro atoms. The Bertz CT molecular complexity index is 297. The van der Waals surface area contributed by atoms with Crippen LogP contribution >= 0.6 is 0 Å². The molecule has 104 valence electrons. The Kier molecular flexibility index (Phi) is 4.31. The van der Waals surface area contributed by atoms with Crippen molar-refractivity contribution in [1.82, 2.24) is 4.90 Å². The van der Waals surface area contributed by atoms with Crippen LogP contribution in [0, 0.1) is 17.3 Å². The summed E-state index contributed by atoms with van der Waals surface area (Å²) in [5.41, 5.74) is -0.460. The average molecular weight is 253 g/mol. The van der Waals surface area contributed by atoms with E-state index in [-0.39, 0.29) is 0 Å². The van der Waals surface area contributed by atoms with Crippen LogP contribution in [0.4, 0.5) is 0 Å². The lowest BCUT2D eigenvalue weighted by atomic mass is 9.69. The molecular formula is C15H27NO2. The summed E-state index contributed by atoms with van der Waals surface area (Å²) in [5.74, 6) is 0.818. The minimum absolute atomic E-state index is 0.460. The first-order valence-electron chi connectivity index (χ1n) is 7.47. The van der Waals surface area contributed by atoms with Crippen molar-refractivity contribution in [2.24, 2.45) is 17.3 Å². The lowest BCUT2D eigenvalue weighted by Gasteiger charge is -2.41. The summed E-state index contributed by atoms with van der Waals surface area (Å²) in [5, 5.41) is 9.66. The first-order valence-corrected chi connectivity index (χ1v) is 7.47. The van der Waals surface area contributed by atoms with E-state index in [2.05, 4.69) is 18.7 Å². The molecule has 1 saturated heterocycles. The number of hydrogen-bond acceptors (Lipinski definition) is 2. The Morgan fingerprint density at radius 1 is 1.22 bits per heavy atom. The van der Waals surface area contributed by atoms with Crippen LogP contribution in [0.15, 0.2) is 0 Å². The molecule has 1 saturated carbocycles. The number of piperidine rings is 1. The standard InChI is InChI=1S/C15H27NO2/c1-12-5-8-16(9-6-12)11-15(14(17)18)7-3-4-13(2)10-15/h12-13H,3-11H2,1-2H3,(H,17,18). The highest BCUT2D eigenvalue weighted by Crippen LogP contribution is 2.40. The summed E-state index contributed by atoms with van der Waals surface area (Å²) in [6.45, 7) is 7.46. The van der Waals surface area contributed by atoms with E-state index in [1.165, 1.54) is 19.3 Å². The molecule has 0 aromatic rings. The topological polar surface area (TPSA) is 40.5 Å². The minimum atomic E-state index is -0.562. The Morgan fingerprint density at radius 2 is 1.89 bits per heavy atom. The fraction of sp³-hybridized carbons (Fsp3) is 0.933. The molecule has 3 heteroatoms. The predicted molar refractivity (Wildman–Crippen MR) is 72.5 cm³/mol. The molecule has 0 radical (unpaired) electrons. The van der Waals surface area contributed by atoms with Gasteiger partial charge in [0.2, 0.25) is 0 Å². The Morgan fingerprint density at radius 3 is 2.44 bits per heavy atom. The van der Waals surface area contributed by atoms with Crippen LogP contribution in [-0.4, -0.2) is 35.6 Å². The third kappa shape index (κ3) is 3.05. The van der Waals surface area contributed by atoms with Gasteiger partial charge in [0.25, 0.3) is 0 Å². The third-order valence-corrected chi connectivity index (χ3v) is 4.95. The largest absolute Gasteiger partial charge is 0.481 e. The van der Waals surface area contributed by atoms with Crippen LogP contribution in [0.5, 0.6) is 0 Å². The SMILES string of the molecule is CC1CCN(CC2(C(=O)O)CCCC(C)C2)CC1. The first kappa shape index (κ1) is 13.9. The number of carbonyl (C=O) groups is 1. The van der Waals surface area contributed by atoms with E-state index >= 15 is 0 Å². The normalized spacial score (nSPS) is 35.6. The monoisotopic (exact) mass is 253 g/mol. The van der Waals surface area contributed by atoms with Crippen molar-refractivity contribution < 1.29 is 9.90 Å². The number of nitrogens with zero attached hydrogens (tertiary/aromatic N) is 1. The number of carboxylic acids is 1. The van der Waals surface area contributed by atoms with Crippen LogP contribution < -0.4 is 0 Å². The molecule has 0 aromatic heterocycles. The van der Waals surface area contributed by atoms with Crippen LogP contribution in [0.2, 0.25) is 0 Å². The van der Waals surface area contributed by atoms with Crippen molar-refractivity contribution in [1.29, 1.82) is 0 Å². The molecule has 3 nitrogen and oxygen atoms in total. The van der Waals surface area contributed by atoms with Gasteiger partial charge in [0.1, 0.15) is 0 Å². The number of likely N-dealkylation sites (tertiary alicyclic amines) is 1. The second-order valence-corrected chi connectivity index (χ2v) is 6.75. The molecule has 2 fully saturated rings. The third-order valence-electron chi connectivity index (χ3n) is 4.95. The van der Waals surface area contributed by atoms with E-state index < -0.39 is 11.4 Å². The van der Waals surface area contributed by atoms with Gasteiger partial charge in [-0.1, -0.05) is 26.7 Å². The lowest BCUT2D eigenvalue weighted by molar-refractivity contribution is -0.154. The van der Waals surface area contributed by atoms with Gasteiger partial charge in [-0.05, 0) is 50.6 Å². The van der Waals surface area contributed by atoms with Crippen LogP contribution in [-0.2, 0) is 4.79 Å². The van der Waals surface area contributed by atoms with Crippen molar-refractivity contribution in [3.63, 3.8) is 0 Å². The molecular weight excluding hydrogens is 226 g/mol. The lowest BCUT2D eigenvalue weighted by Crippen LogP contribution is -2.48. The summed E-state index contributed by atoms with van der Waals surface area (Å²) in [4.78, 5) is 14.1. The highest BCUT2D eigenvalue weighted by Gasteiger charge is 2.43. The zero-order valence-electron chi connectivity index (χ0n) is 11.8. The van der Waals surface area contributed by atoms with E-state index in [0.29, 0.717) is 5.92 Å². The van der Waals surface area contributed by atoms with E-state index in [9.17, 15) is 9.90 Å². The fourth-order valence-corrected chi connectivity index (χ4v) is 3.71. The van der Waals surface area contributed by atoms with Crippen molar-refractivity contribution in [3.8, 4) is 0 Å². The number of carboxylic acid groups (broad SMARTS) is 1. The molecule has 0 bridgehead atoms. The second kappa shape index (κ2) is 5.60. The molecule has 2 atom stereocenters. The van der Waals surface area contributed by atoms with E-state index in [1.807, 2.05) is 0 Å². The summed E-state index contributed by atoms with van der Waals surface area (Å²) in [6.07, 6.45) is 6.48. The average Bonchev–Trinajstić information content (AvgIpc) is 2.32. The van der Waals surface area contributed by atoms with Crippen LogP contribution in [0.1, 0.15) is 52.4 Å². The minimum Gasteiger partial charge on any atom is -0.481 e. The van der Waals surface area contributed by atoms with Crippen molar-refractivity contribution in [3.05, 3.63) is 0 Å². The van der Waals surface area contributed by atoms with Crippen molar-refractivity contribution in [2.75, 3.05) is 19.6 Å². The Hall–Kier alpha value is -0.570. The van der Waals surface area contributed by atoms with Crippen molar-refractivity contribution >= 4 is 5.97 Å². The maximum atomic E-state index is 11.7. The first-order chi connectivity index (χ1) is 8.52. The zero-order chi connectivity index (χ0) is 13.2. The van der Waals surface area contributed by atoms with Crippen LogP contribution in [0.25, 0.3) is 0 Å². The second-order valence-electron chi connectivity index (χ2n) is 6.75. The summed E-state index contributed by atoms with van der Waals surface area (Å²) < 4.78 is 0. The van der Waals surface area contributed by atoms with Crippen LogP contribution in [0.3, 0.4) is 0 Å². The van der Waals surface area contributed by atoms with Gasteiger partial charge in [0.05, 0.1) is 5.41 Å². The molecule has 0 aromatic carbocycles. The molecule has 1 heterocycles. The molecule has 2 unspecified atom stereocenters. The van der Waals surface area contributed by atoms with E-state index in [0.717, 1.165) is 44.8 Å². The van der Waals surface area contributed by atoms with Gasteiger partial charge in [0.15, 0.2) is 0 Å². The number of hydrogen-bond donors (Lipinski definition) is 1. The molecule has 18 heavy (non-hydrogen) atoms. The number of rotatable bonds is 3. The van der Waals surface area contributed by atoms with Gasteiger partial charge in [-0.25, -0.2) is 0 Å². The quantitative estimate of drug-likeness (QED) is 0.840. The maximum absolute atomic E-state index is 11.7. The van der Waals surface area contributed by atoms with Gasteiger partial charge in [-0.3, -0.25) is 4.79 Å². The fourth-order valence-electron chi connectivity index (χ4n) is 3.71. The highest BCUT2D eigenvalue weighted by molar-refractivity contribution is 5.75. The van der Waals surface area contributed by atoms with Gasteiger partial charge < -0.3 is 10.0 Å². The van der Waals surface area contributed by atoms with E-state index in [4.69, 9.17) is 0 Å². The predicted octanol–water partition coefficient (Wildman–Crippen LogP) is 3.00. The van der Waals surface area contributed by atoms with Gasteiger partial charge >= 0.3 is 5.97 Å².